The Balaban J connectivity index is 1.54. The number of hydrogen-bond donors (Lipinski definition) is 1. The molecule has 2 aromatic rings. The predicted octanol–water partition coefficient (Wildman–Crippen LogP) is 2.04. The highest BCUT2D eigenvalue weighted by molar-refractivity contribution is 5.08. The van der Waals surface area contributed by atoms with Crippen molar-refractivity contribution < 1.29 is 4.74 Å². The zero-order chi connectivity index (χ0) is 12.5. The van der Waals surface area contributed by atoms with Crippen molar-refractivity contribution in [3.63, 3.8) is 0 Å². The summed E-state index contributed by atoms with van der Waals surface area (Å²) in [4.78, 5) is 8.33. The molecule has 0 saturated heterocycles. The minimum Gasteiger partial charge on any atom is -0.478 e. The summed E-state index contributed by atoms with van der Waals surface area (Å²) in [6.07, 6.45) is 4.49. The molecule has 2 rings (SSSR count). The summed E-state index contributed by atoms with van der Waals surface area (Å²) in [5.74, 6) is 0.683. The van der Waals surface area contributed by atoms with E-state index in [1.54, 1.807) is 12.4 Å². The van der Waals surface area contributed by atoms with Crippen LogP contribution in [0.15, 0.2) is 48.8 Å². The van der Waals surface area contributed by atoms with E-state index >= 15 is 0 Å². The molecule has 18 heavy (non-hydrogen) atoms. The molecule has 0 radical (unpaired) electrons. The summed E-state index contributed by atoms with van der Waals surface area (Å²) in [7, 11) is 0. The highest BCUT2D eigenvalue weighted by Crippen LogP contribution is 2.03. The summed E-state index contributed by atoms with van der Waals surface area (Å²) in [6.45, 7) is 2.38. The van der Waals surface area contributed by atoms with Gasteiger partial charge >= 0.3 is 0 Å². The Morgan fingerprint density at radius 3 is 2.56 bits per heavy atom. The fourth-order valence-corrected chi connectivity index (χ4v) is 1.53. The van der Waals surface area contributed by atoms with Gasteiger partial charge in [0.2, 0.25) is 5.88 Å². The average molecular weight is 243 g/mol. The van der Waals surface area contributed by atoms with Gasteiger partial charge in [0.1, 0.15) is 0 Å². The van der Waals surface area contributed by atoms with Gasteiger partial charge in [-0.05, 0) is 31.2 Å². The van der Waals surface area contributed by atoms with Crippen molar-refractivity contribution in [2.75, 3.05) is 13.2 Å². The van der Waals surface area contributed by atoms with Gasteiger partial charge in [-0.2, -0.15) is 0 Å². The maximum Gasteiger partial charge on any atom is 0.213 e. The number of pyridine rings is 2. The van der Waals surface area contributed by atoms with Gasteiger partial charge in [0.15, 0.2) is 0 Å². The van der Waals surface area contributed by atoms with Gasteiger partial charge in [-0.1, -0.05) is 12.1 Å². The summed E-state index contributed by atoms with van der Waals surface area (Å²) in [5.41, 5.74) is 1.06. The van der Waals surface area contributed by atoms with Crippen LogP contribution in [0.4, 0.5) is 0 Å². The first-order chi connectivity index (χ1) is 8.95. The topological polar surface area (TPSA) is 47.0 Å². The first-order valence-corrected chi connectivity index (χ1v) is 6.09. The van der Waals surface area contributed by atoms with E-state index in [9.17, 15) is 0 Å². The van der Waals surface area contributed by atoms with Crippen LogP contribution in [0.25, 0.3) is 0 Å². The Labute approximate surface area is 107 Å². The van der Waals surface area contributed by atoms with E-state index in [0.29, 0.717) is 12.5 Å². The van der Waals surface area contributed by atoms with E-state index in [-0.39, 0.29) is 0 Å². The second-order valence-electron chi connectivity index (χ2n) is 3.87. The molecule has 0 saturated carbocycles. The summed E-state index contributed by atoms with van der Waals surface area (Å²) in [6, 6.07) is 11.6. The second-order valence-corrected chi connectivity index (χ2v) is 3.87. The fourth-order valence-electron chi connectivity index (χ4n) is 1.53. The number of nitrogens with zero attached hydrogens (tertiary/aromatic N) is 2. The molecule has 94 valence electrons. The highest BCUT2D eigenvalue weighted by Gasteiger charge is 1.94. The molecule has 0 fully saturated rings. The molecule has 0 spiro atoms. The van der Waals surface area contributed by atoms with Gasteiger partial charge in [0, 0.05) is 25.0 Å². The molecule has 2 heterocycles. The highest BCUT2D eigenvalue weighted by atomic mass is 16.5. The molecule has 0 atom stereocenters. The number of ether oxygens (including phenoxy) is 1. The Hall–Kier alpha value is -1.94. The Morgan fingerprint density at radius 1 is 1.00 bits per heavy atom. The van der Waals surface area contributed by atoms with Crippen LogP contribution in [-0.2, 0) is 6.54 Å². The minimum atomic E-state index is 0.673. The molecule has 0 amide bonds. The van der Waals surface area contributed by atoms with Crippen LogP contribution < -0.4 is 10.1 Å². The lowest BCUT2D eigenvalue weighted by Crippen LogP contribution is -2.17. The van der Waals surface area contributed by atoms with Crippen molar-refractivity contribution in [1.82, 2.24) is 15.3 Å². The summed E-state index contributed by atoms with van der Waals surface area (Å²) < 4.78 is 5.49. The molecule has 0 aliphatic rings. The van der Waals surface area contributed by atoms with E-state index < -0.39 is 0 Å². The molecular formula is C14H17N3O. The lowest BCUT2D eigenvalue weighted by Gasteiger charge is -2.06. The van der Waals surface area contributed by atoms with Crippen LogP contribution in [0.1, 0.15) is 12.1 Å². The molecule has 0 aliphatic heterocycles. The summed E-state index contributed by atoms with van der Waals surface area (Å²) in [5, 5.41) is 3.33. The van der Waals surface area contributed by atoms with Gasteiger partial charge in [-0.25, -0.2) is 4.98 Å². The molecule has 0 unspecified atom stereocenters. The first-order valence-electron chi connectivity index (χ1n) is 6.09. The molecular weight excluding hydrogens is 226 g/mol. The maximum atomic E-state index is 5.49. The van der Waals surface area contributed by atoms with Crippen LogP contribution >= 0.6 is 0 Å². The molecule has 2 aromatic heterocycles. The van der Waals surface area contributed by atoms with Gasteiger partial charge in [0.25, 0.3) is 0 Å². The van der Waals surface area contributed by atoms with E-state index in [4.69, 9.17) is 4.74 Å². The minimum absolute atomic E-state index is 0.673. The van der Waals surface area contributed by atoms with Crippen molar-refractivity contribution in [3.05, 3.63) is 54.5 Å². The molecule has 0 aromatic carbocycles. The Morgan fingerprint density at radius 2 is 1.83 bits per heavy atom. The van der Waals surface area contributed by atoms with Crippen LogP contribution in [0.2, 0.25) is 0 Å². The zero-order valence-electron chi connectivity index (χ0n) is 10.2. The van der Waals surface area contributed by atoms with Crippen LogP contribution in [0, 0.1) is 0 Å². The van der Waals surface area contributed by atoms with Gasteiger partial charge in [-0.3, -0.25) is 4.98 Å². The monoisotopic (exact) mass is 243 g/mol. The van der Waals surface area contributed by atoms with Crippen molar-refractivity contribution in [2.45, 2.75) is 13.0 Å². The van der Waals surface area contributed by atoms with Crippen molar-refractivity contribution in [3.8, 4) is 5.88 Å². The number of rotatable bonds is 7. The second kappa shape index (κ2) is 7.40. The van der Waals surface area contributed by atoms with Gasteiger partial charge < -0.3 is 10.1 Å². The zero-order valence-corrected chi connectivity index (χ0v) is 10.2. The lowest BCUT2D eigenvalue weighted by molar-refractivity contribution is 0.296. The third-order valence-electron chi connectivity index (χ3n) is 2.42. The largest absolute Gasteiger partial charge is 0.478 e. The smallest absolute Gasteiger partial charge is 0.213 e. The van der Waals surface area contributed by atoms with Crippen molar-refractivity contribution in [2.24, 2.45) is 0 Å². The Kier molecular flexibility index (Phi) is 5.14. The van der Waals surface area contributed by atoms with Gasteiger partial charge in [-0.15, -0.1) is 0 Å². The third-order valence-corrected chi connectivity index (χ3v) is 2.42. The number of aromatic nitrogens is 2. The van der Waals surface area contributed by atoms with Crippen LogP contribution in [0.5, 0.6) is 5.88 Å². The fraction of sp³-hybridized carbons (Fsp3) is 0.286. The van der Waals surface area contributed by atoms with E-state index in [1.807, 2.05) is 36.4 Å². The molecule has 1 N–H and O–H groups in total. The molecule has 4 heteroatoms. The quantitative estimate of drug-likeness (QED) is 0.756. The third kappa shape index (κ3) is 4.51. The van der Waals surface area contributed by atoms with E-state index in [2.05, 4.69) is 15.3 Å². The molecule has 0 bridgehead atoms. The van der Waals surface area contributed by atoms with Gasteiger partial charge in [0.05, 0.1) is 12.3 Å². The first kappa shape index (κ1) is 12.5. The predicted molar refractivity (Wildman–Crippen MR) is 70.3 cm³/mol. The van der Waals surface area contributed by atoms with E-state index in [0.717, 1.165) is 25.2 Å². The average Bonchev–Trinajstić information content (AvgIpc) is 2.45. The van der Waals surface area contributed by atoms with E-state index in [1.165, 1.54) is 0 Å². The van der Waals surface area contributed by atoms with Crippen LogP contribution in [0.3, 0.4) is 0 Å². The molecule has 0 aliphatic carbocycles. The number of nitrogens with one attached hydrogen (secondary N) is 1. The Bertz CT molecular complexity index is 390. The lowest BCUT2D eigenvalue weighted by atomic mass is 10.3. The van der Waals surface area contributed by atoms with Crippen molar-refractivity contribution >= 4 is 0 Å². The number of hydrogen-bond acceptors (Lipinski definition) is 4. The maximum absolute atomic E-state index is 5.49. The normalized spacial score (nSPS) is 10.2. The SMILES string of the molecule is c1ccc(CNCCCOc2ccccn2)nc1. The van der Waals surface area contributed by atoms with Crippen LogP contribution in [-0.4, -0.2) is 23.1 Å². The standard InChI is InChI=1S/C14H17N3O/c1-3-9-16-13(6-1)12-15-8-5-11-18-14-7-2-4-10-17-14/h1-4,6-7,9-10,15H,5,8,11-12H2. The molecule has 4 nitrogen and oxygen atoms in total. The summed E-state index contributed by atoms with van der Waals surface area (Å²) >= 11 is 0. The van der Waals surface area contributed by atoms with Crippen molar-refractivity contribution in [1.29, 1.82) is 0 Å².